The lowest BCUT2D eigenvalue weighted by molar-refractivity contribution is 0.0519. The minimum atomic E-state index is -0.599. The molecule has 0 bridgehead atoms. The van der Waals surface area contributed by atoms with Gasteiger partial charge in [0.15, 0.2) is 5.69 Å². The summed E-state index contributed by atoms with van der Waals surface area (Å²) in [5.74, 6) is -0.599. The summed E-state index contributed by atoms with van der Waals surface area (Å²) in [7, 11) is 0. The van der Waals surface area contributed by atoms with Crippen LogP contribution in [0.2, 0.25) is 5.02 Å². The van der Waals surface area contributed by atoms with Crippen LogP contribution < -0.4 is 0 Å². The Kier molecular flexibility index (Phi) is 4.50. The second-order valence-electron chi connectivity index (χ2n) is 2.64. The number of carbonyl (C=O) groups is 1. The standard InChI is InChI=1S/C9H9BrClNO3/c1-2-15-9(14)8-7(11)6(10)3-5(4-13)12-8/h3,13H,2,4H2,1H3. The van der Waals surface area contributed by atoms with Crippen molar-refractivity contribution in [1.82, 2.24) is 4.98 Å². The number of ether oxygens (including phenoxy) is 1. The van der Waals surface area contributed by atoms with Crippen LogP contribution in [0.4, 0.5) is 0 Å². The van der Waals surface area contributed by atoms with Crippen molar-refractivity contribution >= 4 is 33.5 Å². The fourth-order valence-electron chi connectivity index (χ4n) is 0.963. The number of carbonyl (C=O) groups excluding carboxylic acids is 1. The van der Waals surface area contributed by atoms with Crippen LogP contribution in [-0.4, -0.2) is 22.7 Å². The SMILES string of the molecule is CCOC(=O)c1nc(CO)cc(Br)c1Cl. The number of aliphatic hydroxyl groups is 1. The molecule has 1 aromatic heterocycles. The Morgan fingerprint density at radius 1 is 1.73 bits per heavy atom. The molecule has 0 spiro atoms. The van der Waals surface area contributed by atoms with E-state index in [1.807, 2.05) is 0 Å². The fourth-order valence-corrected chi connectivity index (χ4v) is 1.59. The second kappa shape index (κ2) is 5.44. The van der Waals surface area contributed by atoms with Crippen molar-refractivity contribution in [3.8, 4) is 0 Å². The molecule has 0 atom stereocenters. The molecule has 0 saturated carbocycles. The summed E-state index contributed by atoms with van der Waals surface area (Å²) in [5.41, 5.74) is 0.367. The smallest absolute Gasteiger partial charge is 0.358 e. The number of aromatic nitrogens is 1. The molecule has 1 N–H and O–H groups in total. The highest BCUT2D eigenvalue weighted by Crippen LogP contribution is 2.26. The molecule has 0 unspecified atom stereocenters. The molecule has 0 saturated heterocycles. The first-order valence-electron chi connectivity index (χ1n) is 4.23. The maximum absolute atomic E-state index is 11.4. The predicted octanol–water partition coefficient (Wildman–Crippen LogP) is 2.17. The van der Waals surface area contributed by atoms with E-state index in [2.05, 4.69) is 20.9 Å². The number of aliphatic hydroxyl groups excluding tert-OH is 1. The normalized spacial score (nSPS) is 10.1. The largest absolute Gasteiger partial charge is 0.461 e. The molecule has 82 valence electrons. The average molecular weight is 295 g/mol. The van der Waals surface area contributed by atoms with E-state index in [4.69, 9.17) is 21.4 Å². The molecule has 1 heterocycles. The summed E-state index contributed by atoms with van der Waals surface area (Å²) in [4.78, 5) is 15.3. The van der Waals surface area contributed by atoms with Crippen LogP contribution >= 0.6 is 27.5 Å². The molecule has 6 heteroatoms. The maximum Gasteiger partial charge on any atom is 0.358 e. The number of esters is 1. The van der Waals surface area contributed by atoms with Gasteiger partial charge in [0.1, 0.15) is 0 Å². The molecule has 0 aliphatic carbocycles. The number of hydrogen-bond acceptors (Lipinski definition) is 4. The molecule has 0 radical (unpaired) electrons. The lowest BCUT2D eigenvalue weighted by Gasteiger charge is -2.06. The van der Waals surface area contributed by atoms with Gasteiger partial charge in [-0.3, -0.25) is 0 Å². The van der Waals surface area contributed by atoms with Crippen LogP contribution in [0.15, 0.2) is 10.5 Å². The van der Waals surface area contributed by atoms with Gasteiger partial charge in [0.25, 0.3) is 0 Å². The van der Waals surface area contributed by atoms with Gasteiger partial charge in [-0.05, 0) is 28.9 Å². The van der Waals surface area contributed by atoms with Crippen LogP contribution in [0.1, 0.15) is 23.1 Å². The molecule has 15 heavy (non-hydrogen) atoms. The van der Waals surface area contributed by atoms with Gasteiger partial charge in [0.2, 0.25) is 0 Å². The molecule has 1 aromatic rings. The summed E-state index contributed by atoms with van der Waals surface area (Å²) >= 11 is 9.03. The van der Waals surface area contributed by atoms with Gasteiger partial charge in [0.05, 0.1) is 23.9 Å². The minimum absolute atomic E-state index is 0.0111. The van der Waals surface area contributed by atoms with E-state index in [9.17, 15) is 4.79 Å². The Balaban J connectivity index is 3.15. The van der Waals surface area contributed by atoms with Crippen molar-refractivity contribution in [3.63, 3.8) is 0 Å². The molecule has 0 amide bonds. The molecule has 0 fully saturated rings. The molecular weight excluding hydrogens is 285 g/mol. The molecule has 0 aliphatic rings. The highest BCUT2D eigenvalue weighted by molar-refractivity contribution is 9.10. The average Bonchev–Trinajstić information content (AvgIpc) is 2.22. The summed E-state index contributed by atoms with van der Waals surface area (Å²) in [6.07, 6.45) is 0. The zero-order valence-corrected chi connectivity index (χ0v) is 10.3. The van der Waals surface area contributed by atoms with Crippen LogP contribution in [0.3, 0.4) is 0 Å². The Morgan fingerprint density at radius 3 is 2.93 bits per heavy atom. The van der Waals surface area contributed by atoms with E-state index in [1.165, 1.54) is 0 Å². The van der Waals surface area contributed by atoms with E-state index >= 15 is 0 Å². The van der Waals surface area contributed by atoms with Gasteiger partial charge in [-0.15, -0.1) is 0 Å². The third-order valence-electron chi connectivity index (χ3n) is 1.60. The zero-order chi connectivity index (χ0) is 11.4. The van der Waals surface area contributed by atoms with Gasteiger partial charge in [-0.2, -0.15) is 0 Å². The van der Waals surface area contributed by atoms with Crippen molar-refractivity contribution in [2.75, 3.05) is 6.61 Å². The molecule has 1 rings (SSSR count). The lowest BCUT2D eigenvalue weighted by atomic mass is 10.3. The van der Waals surface area contributed by atoms with Gasteiger partial charge in [0, 0.05) is 4.47 Å². The predicted molar refractivity (Wildman–Crippen MR) is 58.8 cm³/mol. The van der Waals surface area contributed by atoms with E-state index in [1.54, 1.807) is 13.0 Å². The van der Waals surface area contributed by atoms with Crippen molar-refractivity contribution in [3.05, 3.63) is 26.9 Å². The monoisotopic (exact) mass is 293 g/mol. The summed E-state index contributed by atoms with van der Waals surface area (Å²) in [6.45, 7) is 1.68. The van der Waals surface area contributed by atoms with Crippen molar-refractivity contribution in [2.45, 2.75) is 13.5 Å². The highest BCUT2D eigenvalue weighted by atomic mass is 79.9. The second-order valence-corrected chi connectivity index (χ2v) is 3.87. The Morgan fingerprint density at radius 2 is 2.40 bits per heavy atom. The van der Waals surface area contributed by atoms with Gasteiger partial charge in [-0.1, -0.05) is 11.6 Å². The van der Waals surface area contributed by atoms with Crippen molar-refractivity contribution < 1.29 is 14.6 Å². The quantitative estimate of drug-likeness (QED) is 0.868. The number of pyridine rings is 1. The number of rotatable bonds is 3. The summed E-state index contributed by atoms with van der Waals surface area (Å²) in [6, 6.07) is 1.55. The molecule has 0 aliphatic heterocycles. The molecule has 0 aromatic carbocycles. The first kappa shape index (κ1) is 12.4. The number of halogens is 2. The van der Waals surface area contributed by atoms with E-state index < -0.39 is 5.97 Å². The number of nitrogens with zero attached hydrogens (tertiary/aromatic N) is 1. The van der Waals surface area contributed by atoms with Crippen LogP contribution in [-0.2, 0) is 11.3 Å². The van der Waals surface area contributed by atoms with E-state index in [0.29, 0.717) is 10.2 Å². The number of hydrogen-bond donors (Lipinski definition) is 1. The van der Waals surface area contributed by atoms with Crippen molar-refractivity contribution in [1.29, 1.82) is 0 Å². The minimum Gasteiger partial charge on any atom is -0.461 e. The lowest BCUT2D eigenvalue weighted by Crippen LogP contribution is -2.09. The summed E-state index contributed by atoms with van der Waals surface area (Å²) < 4.78 is 5.28. The zero-order valence-electron chi connectivity index (χ0n) is 7.96. The first-order valence-corrected chi connectivity index (χ1v) is 5.40. The highest BCUT2D eigenvalue weighted by Gasteiger charge is 2.17. The third kappa shape index (κ3) is 2.90. The molecule has 4 nitrogen and oxygen atoms in total. The van der Waals surface area contributed by atoms with Crippen LogP contribution in [0.25, 0.3) is 0 Å². The van der Waals surface area contributed by atoms with Crippen LogP contribution in [0, 0.1) is 0 Å². The molecular formula is C9H9BrClNO3. The maximum atomic E-state index is 11.4. The van der Waals surface area contributed by atoms with E-state index in [0.717, 1.165) is 0 Å². The van der Waals surface area contributed by atoms with E-state index in [-0.39, 0.29) is 23.9 Å². The topological polar surface area (TPSA) is 59.4 Å². The van der Waals surface area contributed by atoms with Gasteiger partial charge in [-0.25, -0.2) is 9.78 Å². The van der Waals surface area contributed by atoms with Gasteiger partial charge < -0.3 is 9.84 Å². The third-order valence-corrected chi connectivity index (χ3v) is 2.83. The first-order chi connectivity index (χ1) is 7.10. The fraction of sp³-hybridized carbons (Fsp3) is 0.333. The Bertz CT molecular complexity index is 384. The van der Waals surface area contributed by atoms with Crippen molar-refractivity contribution in [2.24, 2.45) is 0 Å². The summed E-state index contributed by atoms with van der Waals surface area (Å²) in [5, 5.41) is 9.10. The van der Waals surface area contributed by atoms with Gasteiger partial charge >= 0.3 is 5.97 Å². The van der Waals surface area contributed by atoms with Crippen LogP contribution in [0.5, 0.6) is 0 Å². The Hall–Kier alpha value is -0.650. The Labute approximate surface area is 100 Å².